The van der Waals surface area contributed by atoms with Gasteiger partial charge in [-0.15, -0.1) is 15.3 Å². The molecular weight excluding hydrogens is 328 g/mol. The number of furan rings is 1. The molecule has 1 N–H and O–H groups in total. The second-order valence-electron chi connectivity index (χ2n) is 6.95. The highest BCUT2D eigenvalue weighted by molar-refractivity contribution is 5.45. The predicted molar refractivity (Wildman–Crippen MR) is 89.6 cm³/mol. The van der Waals surface area contributed by atoms with Crippen LogP contribution < -0.4 is 5.32 Å². The van der Waals surface area contributed by atoms with Crippen molar-refractivity contribution >= 4 is 11.5 Å². The zero-order valence-electron chi connectivity index (χ0n) is 14.6. The molecule has 0 aromatic carbocycles. The summed E-state index contributed by atoms with van der Waals surface area (Å²) in [5, 5.41) is 14.7. The number of aryl methyl sites for hydroxylation is 1. The van der Waals surface area contributed by atoms with Gasteiger partial charge in [0, 0.05) is 6.42 Å². The lowest BCUT2D eigenvalue weighted by atomic mass is 9.85. The first-order valence-corrected chi connectivity index (χ1v) is 8.15. The molecule has 0 bridgehead atoms. The SMILES string of the molecule is CCc1ccc(C(Nc2ccc3nnc(C(F)F)n3n2)C(C)(C)C)o1. The minimum Gasteiger partial charge on any atom is -0.464 e. The minimum absolute atomic E-state index is 0.177. The van der Waals surface area contributed by atoms with Gasteiger partial charge in [-0.25, -0.2) is 8.78 Å². The Labute approximate surface area is 144 Å². The monoisotopic (exact) mass is 349 g/mol. The van der Waals surface area contributed by atoms with Crippen LogP contribution in [0.2, 0.25) is 0 Å². The Kier molecular flexibility index (Phi) is 4.45. The average molecular weight is 349 g/mol. The summed E-state index contributed by atoms with van der Waals surface area (Å²) in [6.45, 7) is 8.23. The second kappa shape index (κ2) is 6.42. The van der Waals surface area contributed by atoms with E-state index in [1.54, 1.807) is 12.1 Å². The Hall–Kier alpha value is -2.51. The summed E-state index contributed by atoms with van der Waals surface area (Å²) in [7, 11) is 0. The van der Waals surface area contributed by atoms with Gasteiger partial charge in [-0.2, -0.15) is 4.52 Å². The van der Waals surface area contributed by atoms with Crippen molar-refractivity contribution in [3.63, 3.8) is 0 Å². The van der Waals surface area contributed by atoms with Crippen LogP contribution in [0.5, 0.6) is 0 Å². The molecule has 1 unspecified atom stereocenters. The Balaban J connectivity index is 1.96. The van der Waals surface area contributed by atoms with Crippen LogP contribution in [0.25, 0.3) is 5.65 Å². The molecule has 0 saturated carbocycles. The van der Waals surface area contributed by atoms with Crippen molar-refractivity contribution in [1.29, 1.82) is 0 Å². The highest BCUT2D eigenvalue weighted by atomic mass is 19.3. The molecule has 0 radical (unpaired) electrons. The van der Waals surface area contributed by atoms with E-state index in [2.05, 4.69) is 41.4 Å². The maximum atomic E-state index is 13.0. The van der Waals surface area contributed by atoms with Crippen LogP contribution in [0.3, 0.4) is 0 Å². The lowest BCUT2D eigenvalue weighted by Gasteiger charge is -2.30. The Morgan fingerprint density at radius 1 is 1.16 bits per heavy atom. The molecule has 0 amide bonds. The summed E-state index contributed by atoms with van der Waals surface area (Å²) in [4.78, 5) is 0. The van der Waals surface area contributed by atoms with Gasteiger partial charge in [0.05, 0.1) is 6.04 Å². The summed E-state index contributed by atoms with van der Waals surface area (Å²) in [5.41, 5.74) is 0.0949. The molecule has 6 nitrogen and oxygen atoms in total. The zero-order valence-corrected chi connectivity index (χ0v) is 14.6. The van der Waals surface area contributed by atoms with Gasteiger partial charge in [-0.3, -0.25) is 0 Å². The standard InChI is InChI=1S/C17H21F2N5O/c1-5-10-6-7-11(25-10)14(17(2,3)4)20-12-8-9-13-21-22-16(15(18)19)24(13)23-12/h6-9,14-15H,5H2,1-4H3,(H,20,23). The summed E-state index contributed by atoms with van der Waals surface area (Å²) < 4.78 is 33.0. The maximum absolute atomic E-state index is 13.0. The van der Waals surface area contributed by atoms with E-state index in [9.17, 15) is 8.78 Å². The van der Waals surface area contributed by atoms with Crippen LogP contribution in [0, 0.1) is 5.41 Å². The third kappa shape index (κ3) is 3.47. The van der Waals surface area contributed by atoms with Crippen LogP contribution in [-0.2, 0) is 6.42 Å². The van der Waals surface area contributed by atoms with Crippen LogP contribution in [-0.4, -0.2) is 19.8 Å². The molecule has 8 heteroatoms. The summed E-state index contributed by atoms with van der Waals surface area (Å²) in [6, 6.07) is 7.00. The summed E-state index contributed by atoms with van der Waals surface area (Å²) in [5.74, 6) is 1.65. The topological polar surface area (TPSA) is 68.2 Å². The van der Waals surface area contributed by atoms with Gasteiger partial charge in [0.1, 0.15) is 17.3 Å². The van der Waals surface area contributed by atoms with Crippen LogP contribution in [0.15, 0.2) is 28.7 Å². The molecule has 0 aliphatic carbocycles. The maximum Gasteiger partial charge on any atom is 0.299 e. The number of hydrogen-bond acceptors (Lipinski definition) is 5. The zero-order chi connectivity index (χ0) is 18.2. The lowest BCUT2D eigenvalue weighted by molar-refractivity contribution is 0.137. The molecule has 1 atom stereocenters. The predicted octanol–water partition coefficient (Wildman–Crippen LogP) is 4.42. The first-order valence-electron chi connectivity index (χ1n) is 8.15. The first kappa shape index (κ1) is 17.3. The normalized spacial score (nSPS) is 13.6. The molecule has 0 aliphatic rings. The van der Waals surface area contributed by atoms with Gasteiger partial charge in [0.25, 0.3) is 6.43 Å². The van der Waals surface area contributed by atoms with E-state index in [0.717, 1.165) is 22.5 Å². The van der Waals surface area contributed by atoms with Crippen molar-refractivity contribution in [2.75, 3.05) is 5.32 Å². The van der Waals surface area contributed by atoms with Crippen molar-refractivity contribution in [2.45, 2.75) is 46.6 Å². The van der Waals surface area contributed by atoms with Gasteiger partial charge in [0.15, 0.2) is 5.65 Å². The third-order valence-corrected chi connectivity index (χ3v) is 3.96. The Morgan fingerprint density at radius 2 is 1.92 bits per heavy atom. The van der Waals surface area contributed by atoms with Crippen LogP contribution >= 0.6 is 0 Å². The van der Waals surface area contributed by atoms with E-state index in [1.807, 2.05) is 19.1 Å². The number of nitrogens with one attached hydrogen (secondary N) is 1. The average Bonchev–Trinajstić information content (AvgIpc) is 3.17. The van der Waals surface area contributed by atoms with Gasteiger partial charge in [0.2, 0.25) is 5.82 Å². The second-order valence-corrected chi connectivity index (χ2v) is 6.95. The quantitative estimate of drug-likeness (QED) is 0.738. The fourth-order valence-electron chi connectivity index (χ4n) is 2.62. The van der Waals surface area contributed by atoms with Crippen molar-refractivity contribution in [3.8, 4) is 0 Å². The van der Waals surface area contributed by atoms with Crippen molar-refractivity contribution < 1.29 is 13.2 Å². The van der Waals surface area contributed by atoms with E-state index in [0.29, 0.717) is 5.82 Å². The molecule has 3 rings (SSSR count). The lowest BCUT2D eigenvalue weighted by Crippen LogP contribution is -2.26. The number of rotatable bonds is 5. The molecule has 0 aliphatic heterocycles. The van der Waals surface area contributed by atoms with Gasteiger partial charge in [-0.1, -0.05) is 27.7 Å². The smallest absolute Gasteiger partial charge is 0.299 e. The molecule has 3 heterocycles. The van der Waals surface area contributed by atoms with Crippen molar-refractivity contribution in [1.82, 2.24) is 19.8 Å². The number of hydrogen-bond donors (Lipinski definition) is 1. The third-order valence-electron chi connectivity index (χ3n) is 3.96. The summed E-state index contributed by atoms with van der Waals surface area (Å²) >= 11 is 0. The molecule has 3 aromatic rings. The molecule has 25 heavy (non-hydrogen) atoms. The van der Waals surface area contributed by atoms with Gasteiger partial charge in [-0.05, 0) is 29.7 Å². The van der Waals surface area contributed by atoms with Crippen molar-refractivity contribution in [2.24, 2.45) is 5.41 Å². The van der Waals surface area contributed by atoms with Crippen molar-refractivity contribution in [3.05, 3.63) is 41.6 Å². The number of anilines is 1. The van der Waals surface area contributed by atoms with E-state index in [1.165, 1.54) is 0 Å². The highest BCUT2D eigenvalue weighted by Gasteiger charge is 2.29. The Bertz CT molecular complexity index is 865. The van der Waals surface area contributed by atoms with E-state index in [4.69, 9.17) is 4.42 Å². The number of alkyl halides is 2. The number of aromatic nitrogens is 4. The van der Waals surface area contributed by atoms with Gasteiger partial charge < -0.3 is 9.73 Å². The molecule has 0 saturated heterocycles. The fourth-order valence-corrected chi connectivity index (χ4v) is 2.62. The highest BCUT2D eigenvalue weighted by Crippen LogP contribution is 2.36. The molecule has 3 aromatic heterocycles. The number of nitrogens with zero attached hydrogens (tertiary/aromatic N) is 4. The van der Waals surface area contributed by atoms with Crippen LogP contribution in [0.1, 0.15) is 57.5 Å². The summed E-state index contributed by atoms with van der Waals surface area (Å²) in [6.07, 6.45) is -1.94. The Morgan fingerprint density at radius 3 is 2.52 bits per heavy atom. The van der Waals surface area contributed by atoms with E-state index in [-0.39, 0.29) is 17.1 Å². The number of fused-ring (bicyclic) bond motifs is 1. The molecule has 134 valence electrons. The number of halogens is 2. The van der Waals surface area contributed by atoms with Gasteiger partial charge >= 0.3 is 0 Å². The minimum atomic E-state index is -2.74. The first-order chi connectivity index (χ1) is 11.8. The van der Waals surface area contributed by atoms with Crippen LogP contribution in [0.4, 0.5) is 14.6 Å². The largest absolute Gasteiger partial charge is 0.464 e. The molecule has 0 fully saturated rings. The van der Waals surface area contributed by atoms with E-state index >= 15 is 0 Å². The molecular formula is C17H21F2N5O. The fraction of sp³-hybridized carbons (Fsp3) is 0.471. The molecule has 0 spiro atoms. The van der Waals surface area contributed by atoms with E-state index < -0.39 is 12.2 Å².